The van der Waals surface area contributed by atoms with Crippen LogP contribution in [0.15, 0.2) is 41.8 Å². The predicted molar refractivity (Wildman–Crippen MR) is 166 cm³/mol. The SMILES string of the molecule is CCN(C(=O)Cn1c(C(=O)NC2CCC(C(=O)NCCCCC(C)C(=O)O)CC2)cc2sccc21)c1cccc(C)c1. The minimum absolute atomic E-state index is 0.0319. The summed E-state index contributed by atoms with van der Waals surface area (Å²) in [6.07, 6.45) is 4.95. The summed E-state index contributed by atoms with van der Waals surface area (Å²) in [5.41, 5.74) is 3.27. The van der Waals surface area contributed by atoms with Crippen molar-refractivity contribution in [3.05, 3.63) is 53.0 Å². The highest BCUT2D eigenvalue weighted by Gasteiger charge is 2.29. The summed E-state index contributed by atoms with van der Waals surface area (Å²) in [5.74, 6) is -1.48. The third-order valence-electron chi connectivity index (χ3n) is 8.20. The Morgan fingerprint density at radius 2 is 1.86 bits per heavy atom. The summed E-state index contributed by atoms with van der Waals surface area (Å²) < 4.78 is 2.78. The number of hydrogen-bond acceptors (Lipinski definition) is 5. The number of aryl methyl sites for hydroxylation is 1. The van der Waals surface area contributed by atoms with Crippen molar-refractivity contribution in [2.75, 3.05) is 18.0 Å². The maximum atomic E-state index is 13.5. The van der Waals surface area contributed by atoms with Crippen LogP contribution in [0.1, 0.15) is 74.8 Å². The van der Waals surface area contributed by atoms with Gasteiger partial charge in [0.15, 0.2) is 0 Å². The molecular weight excluding hydrogens is 552 g/mol. The van der Waals surface area contributed by atoms with Gasteiger partial charge in [-0.05, 0) is 87.6 Å². The average Bonchev–Trinajstić information content (AvgIpc) is 3.56. The molecule has 0 saturated heterocycles. The topological polar surface area (TPSA) is 121 Å². The third kappa shape index (κ3) is 7.79. The van der Waals surface area contributed by atoms with Crippen LogP contribution in [-0.2, 0) is 20.9 Å². The van der Waals surface area contributed by atoms with Crippen molar-refractivity contribution < 1.29 is 24.3 Å². The van der Waals surface area contributed by atoms with E-state index in [1.165, 1.54) is 0 Å². The molecule has 0 aliphatic heterocycles. The number of rotatable bonds is 13. The van der Waals surface area contributed by atoms with E-state index in [1.54, 1.807) is 23.2 Å². The molecule has 2 aromatic heterocycles. The molecular formula is C32H42N4O5S. The van der Waals surface area contributed by atoms with E-state index < -0.39 is 5.97 Å². The lowest BCUT2D eigenvalue weighted by Gasteiger charge is -2.28. The molecule has 1 saturated carbocycles. The van der Waals surface area contributed by atoms with Crippen LogP contribution in [0.5, 0.6) is 0 Å². The summed E-state index contributed by atoms with van der Waals surface area (Å²) in [5, 5.41) is 17.1. The Hall–Kier alpha value is -3.66. The highest BCUT2D eigenvalue weighted by atomic mass is 32.1. The van der Waals surface area contributed by atoms with Gasteiger partial charge in [0.05, 0.1) is 16.1 Å². The molecule has 3 amide bonds. The summed E-state index contributed by atoms with van der Waals surface area (Å²) >= 11 is 1.54. The molecule has 1 aliphatic carbocycles. The van der Waals surface area contributed by atoms with Crippen molar-refractivity contribution in [1.29, 1.82) is 0 Å². The van der Waals surface area contributed by atoms with Gasteiger partial charge in [-0.1, -0.05) is 25.5 Å². The number of aliphatic carboxylic acids is 1. The number of amides is 3. The molecule has 0 spiro atoms. The minimum atomic E-state index is -0.786. The van der Waals surface area contributed by atoms with Crippen molar-refractivity contribution >= 4 is 50.9 Å². The third-order valence-corrected chi connectivity index (χ3v) is 9.05. The second kappa shape index (κ2) is 14.5. The second-order valence-corrected chi connectivity index (χ2v) is 12.3. The lowest BCUT2D eigenvalue weighted by Crippen LogP contribution is -2.42. The first-order valence-corrected chi connectivity index (χ1v) is 15.8. The Bertz CT molecular complexity index is 1400. The first-order valence-electron chi connectivity index (χ1n) is 14.9. The van der Waals surface area contributed by atoms with E-state index in [2.05, 4.69) is 10.6 Å². The van der Waals surface area contributed by atoms with Gasteiger partial charge in [0.1, 0.15) is 12.2 Å². The van der Waals surface area contributed by atoms with E-state index in [0.29, 0.717) is 50.9 Å². The minimum Gasteiger partial charge on any atom is -0.481 e. The molecule has 42 heavy (non-hydrogen) atoms. The highest BCUT2D eigenvalue weighted by molar-refractivity contribution is 7.17. The molecule has 9 nitrogen and oxygen atoms in total. The summed E-state index contributed by atoms with van der Waals surface area (Å²) in [6.45, 7) is 6.78. The van der Waals surface area contributed by atoms with Gasteiger partial charge < -0.3 is 25.2 Å². The number of nitrogens with zero attached hydrogens (tertiary/aromatic N) is 2. The number of carboxylic acids is 1. The van der Waals surface area contributed by atoms with Gasteiger partial charge in [0.2, 0.25) is 11.8 Å². The van der Waals surface area contributed by atoms with Crippen LogP contribution >= 0.6 is 11.3 Å². The van der Waals surface area contributed by atoms with Crippen molar-refractivity contribution in [1.82, 2.24) is 15.2 Å². The second-order valence-electron chi connectivity index (χ2n) is 11.3. The van der Waals surface area contributed by atoms with Crippen molar-refractivity contribution in [3.8, 4) is 0 Å². The van der Waals surface area contributed by atoms with Gasteiger partial charge in [0, 0.05) is 30.7 Å². The van der Waals surface area contributed by atoms with Gasteiger partial charge in [-0.15, -0.1) is 11.3 Å². The molecule has 1 unspecified atom stereocenters. The Labute approximate surface area is 251 Å². The molecule has 4 rings (SSSR count). The van der Waals surface area contributed by atoms with E-state index in [4.69, 9.17) is 5.11 Å². The lowest BCUT2D eigenvalue weighted by molar-refractivity contribution is -0.141. The van der Waals surface area contributed by atoms with E-state index in [9.17, 15) is 19.2 Å². The zero-order chi connectivity index (χ0) is 30.2. The van der Waals surface area contributed by atoms with E-state index in [0.717, 1.165) is 34.3 Å². The van der Waals surface area contributed by atoms with Crippen LogP contribution in [0.25, 0.3) is 10.2 Å². The fraction of sp³-hybridized carbons (Fsp3) is 0.500. The lowest BCUT2D eigenvalue weighted by atomic mass is 9.85. The van der Waals surface area contributed by atoms with Crippen molar-refractivity contribution in [2.45, 2.75) is 78.3 Å². The van der Waals surface area contributed by atoms with Crippen LogP contribution in [0.3, 0.4) is 0 Å². The van der Waals surface area contributed by atoms with Gasteiger partial charge in [0.25, 0.3) is 5.91 Å². The van der Waals surface area contributed by atoms with Gasteiger partial charge >= 0.3 is 5.97 Å². The van der Waals surface area contributed by atoms with Crippen LogP contribution in [0.2, 0.25) is 0 Å². The number of unbranched alkanes of at least 4 members (excludes halogenated alkanes) is 1. The molecule has 2 heterocycles. The number of fused-ring (bicyclic) bond motifs is 1. The predicted octanol–water partition coefficient (Wildman–Crippen LogP) is 5.36. The number of nitrogens with one attached hydrogen (secondary N) is 2. The van der Waals surface area contributed by atoms with Crippen LogP contribution in [0.4, 0.5) is 5.69 Å². The van der Waals surface area contributed by atoms with Gasteiger partial charge in [-0.2, -0.15) is 0 Å². The van der Waals surface area contributed by atoms with Gasteiger partial charge in [-0.25, -0.2) is 0 Å². The molecule has 1 aliphatic rings. The number of carbonyl (C=O) groups excluding carboxylic acids is 3. The number of hydrogen-bond donors (Lipinski definition) is 3. The Morgan fingerprint density at radius 1 is 1.10 bits per heavy atom. The number of thiophene rings is 1. The summed E-state index contributed by atoms with van der Waals surface area (Å²) in [7, 11) is 0. The highest BCUT2D eigenvalue weighted by Crippen LogP contribution is 2.28. The normalized spacial score (nSPS) is 17.5. The molecule has 1 aromatic carbocycles. The Balaban J connectivity index is 1.31. The number of anilines is 1. The first-order chi connectivity index (χ1) is 20.2. The number of benzene rings is 1. The van der Waals surface area contributed by atoms with Crippen LogP contribution in [0, 0.1) is 18.8 Å². The molecule has 3 aromatic rings. The van der Waals surface area contributed by atoms with E-state index >= 15 is 0 Å². The van der Waals surface area contributed by atoms with Gasteiger partial charge in [-0.3, -0.25) is 19.2 Å². The maximum Gasteiger partial charge on any atom is 0.306 e. The van der Waals surface area contributed by atoms with Crippen molar-refractivity contribution in [3.63, 3.8) is 0 Å². The number of aromatic nitrogens is 1. The van der Waals surface area contributed by atoms with Crippen LogP contribution < -0.4 is 15.5 Å². The number of carbonyl (C=O) groups is 4. The fourth-order valence-corrected chi connectivity index (χ4v) is 6.49. The fourth-order valence-electron chi connectivity index (χ4n) is 5.67. The number of likely N-dealkylation sites (N-methyl/N-ethyl adjacent to an activating group) is 1. The molecule has 226 valence electrons. The molecule has 1 atom stereocenters. The number of carboxylic acid groups (broad SMARTS) is 1. The Morgan fingerprint density at radius 3 is 2.55 bits per heavy atom. The van der Waals surface area contributed by atoms with E-state index in [-0.39, 0.29) is 42.1 Å². The quantitative estimate of drug-likeness (QED) is 0.230. The monoisotopic (exact) mass is 594 g/mol. The summed E-state index contributed by atoms with van der Waals surface area (Å²) in [6, 6.07) is 11.6. The molecule has 0 bridgehead atoms. The maximum absolute atomic E-state index is 13.5. The smallest absolute Gasteiger partial charge is 0.306 e. The standard InChI is InChI=1S/C32H42N4O5S/c1-4-35(25-10-7-8-21(2)18-25)29(37)20-36-26-15-17-42-28(26)19-27(36)31(39)34-24-13-11-23(12-14-24)30(38)33-16-6-5-9-22(3)32(40)41/h7-8,10,15,17-19,22-24H,4-6,9,11-14,16,20H2,1-3H3,(H,33,38)(H,34,39)(H,40,41). The zero-order valence-corrected chi connectivity index (χ0v) is 25.5. The zero-order valence-electron chi connectivity index (χ0n) is 24.7. The van der Waals surface area contributed by atoms with Crippen LogP contribution in [-0.4, -0.2) is 52.5 Å². The molecule has 3 N–H and O–H groups in total. The first kappa shape index (κ1) is 31.3. The molecule has 0 radical (unpaired) electrons. The van der Waals surface area contributed by atoms with E-state index in [1.807, 2.05) is 60.2 Å². The Kier molecular flexibility index (Phi) is 10.8. The largest absolute Gasteiger partial charge is 0.481 e. The average molecular weight is 595 g/mol. The van der Waals surface area contributed by atoms with Crippen molar-refractivity contribution in [2.24, 2.45) is 11.8 Å². The molecule has 10 heteroatoms. The molecule has 1 fully saturated rings. The summed E-state index contributed by atoms with van der Waals surface area (Å²) in [4.78, 5) is 52.3.